The molecule has 0 bridgehead atoms. The molecule has 8 nitrogen and oxygen atoms in total. The third kappa shape index (κ3) is 5.24. The van der Waals surface area contributed by atoms with Crippen LogP contribution < -0.4 is 10.7 Å². The average molecular weight is 340 g/mol. The molecular formula is C17H16N4O4. The molecule has 2 aromatic rings. The van der Waals surface area contributed by atoms with Crippen LogP contribution in [0.25, 0.3) is 0 Å². The van der Waals surface area contributed by atoms with E-state index >= 15 is 0 Å². The summed E-state index contributed by atoms with van der Waals surface area (Å²) in [7, 11) is 0. The summed E-state index contributed by atoms with van der Waals surface area (Å²) >= 11 is 0. The normalized spacial score (nSPS) is 10.4. The number of amides is 2. The third-order valence-corrected chi connectivity index (χ3v) is 3.24. The fourth-order valence-electron chi connectivity index (χ4n) is 1.87. The van der Waals surface area contributed by atoms with E-state index in [1.54, 1.807) is 31.2 Å². The van der Waals surface area contributed by atoms with Crippen LogP contribution in [0.1, 0.15) is 29.3 Å². The fraction of sp³-hybridized carbons (Fsp3) is 0.118. The van der Waals surface area contributed by atoms with E-state index in [0.29, 0.717) is 23.2 Å². The Balaban J connectivity index is 1.93. The van der Waals surface area contributed by atoms with E-state index in [9.17, 15) is 19.7 Å². The fourth-order valence-corrected chi connectivity index (χ4v) is 1.87. The number of carbonyl (C=O) groups excluding carboxylic acids is 2. The smallest absolute Gasteiger partial charge is 0.271 e. The van der Waals surface area contributed by atoms with Crippen molar-refractivity contribution in [3.05, 3.63) is 69.8 Å². The second-order valence-electron chi connectivity index (χ2n) is 5.03. The van der Waals surface area contributed by atoms with Crippen molar-refractivity contribution in [3.63, 3.8) is 0 Å². The summed E-state index contributed by atoms with van der Waals surface area (Å²) in [4.78, 5) is 33.3. The largest absolute Gasteiger partial charge is 0.326 e. The molecule has 0 atom stereocenters. The zero-order chi connectivity index (χ0) is 18.2. The number of anilines is 1. The van der Waals surface area contributed by atoms with Crippen LogP contribution in [0.2, 0.25) is 0 Å². The first-order valence-corrected chi connectivity index (χ1v) is 7.47. The number of hydrogen-bond acceptors (Lipinski definition) is 5. The summed E-state index contributed by atoms with van der Waals surface area (Å²) in [6.07, 6.45) is 1.76. The van der Waals surface area contributed by atoms with Crippen LogP contribution in [0.5, 0.6) is 0 Å². The summed E-state index contributed by atoms with van der Waals surface area (Å²) in [6.45, 7) is 1.75. The summed E-state index contributed by atoms with van der Waals surface area (Å²) in [5.41, 5.74) is 3.96. The topological polar surface area (TPSA) is 114 Å². The number of nitro groups is 1. The molecule has 0 saturated heterocycles. The van der Waals surface area contributed by atoms with Crippen molar-refractivity contribution in [1.29, 1.82) is 0 Å². The van der Waals surface area contributed by atoms with Gasteiger partial charge in [-0.05, 0) is 42.0 Å². The van der Waals surface area contributed by atoms with Gasteiger partial charge in [0.1, 0.15) is 0 Å². The number of rotatable bonds is 6. The predicted molar refractivity (Wildman–Crippen MR) is 93.5 cm³/mol. The molecule has 8 heteroatoms. The first-order chi connectivity index (χ1) is 12.0. The Labute approximate surface area is 143 Å². The molecule has 128 valence electrons. The van der Waals surface area contributed by atoms with Crippen molar-refractivity contribution in [2.24, 2.45) is 5.10 Å². The molecule has 0 aliphatic heterocycles. The van der Waals surface area contributed by atoms with Gasteiger partial charge in [-0.1, -0.05) is 6.92 Å². The lowest BCUT2D eigenvalue weighted by atomic mass is 10.2. The van der Waals surface area contributed by atoms with Crippen LogP contribution >= 0.6 is 0 Å². The number of nitrogens with zero attached hydrogens (tertiary/aromatic N) is 2. The Morgan fingerprint density at radius 2 is 1.76 bits per heavy atom. The lowest BCUT2D eigenvalue weighted by Crippen LogP contribution is -2.17. The molecule has 0 aliphatic rings. The van der Waals surface area contributed by atoms with E-state index in [0.717, 1.165) is 0 Å². The number of carbonyl (C=O) groups is 2. The third-order valence-electron chi connectivity index (χ3n) is 3.24. The predicted octanol–water partition coefficient (Wildman–Crippen LogP) is 2.71. The second kappa shape index (κ2) is 8.34. The first-order valence-electron chi connectivity index (χ1n) is 7.47. The lowest BCUT2D eigenvalue weighted by molar-refractivity contribution is -0.384. The van der Waals surface area contributed by atoms with Gasteiger partial charge in [-0.15, -0.1) is 0 Å². The average Bonchev–Trinajstić information content (AvgIpc) is 2.62. The Bertz CT molecular complexity index is 798. The van der Waals surface area contributed by atoms with Crippen molar-refractivity contribution in [3.8, 4) is 0 Å². The van der Waals surface area contributed by atoms with Gasteiger partial charge < -0.3 is 5.32 Å². The molecule has 0 spiro atoms. The molecule has 0 aliphatic carbocycles. The minimum absolute atomic E-state index is 0.0172. The minimum Gasteiger partial charge on any atom is -0.326 e. The molecule has 2 amide bonds. The van der Waals surface area contributed by atoms with Gasteiger partial charge in [-0.2, -0.15) is 5.10 Å². The summed E-state index contributed by atoms with van der Waals surface area (Å²) in [5, 5.41) is 17.1. The zero-order valence-corrected chi connectivity index (χ0v) is 13.4. The van der Waals surface area contributed by atoms with Crippen molar-refractivity contribution < 1.29 is 14.5 Å². The van der Waals surface area contributed by atoms with Gasteiger partial charge in [0, 0.05) is 29.8 Å². The van der Waals surface area contributed by atoms with E-state index < -0.39 is 10.8 Å². The highest BCUT2D eigenvalue weighted by molar-refractivity contribution is 5.96. The molecule has 0 heterocycles. The van der Waals surface area contributed by atoms with Crippen LogP contribution in [0, 0.1) is 10.1 Å². The van der Waals surface area contributed by atoms with E-state index in [1.165, 1.54) is 30.5 Å². The highest BCUT2D eigenvalue weighted by Crippen LogP contribution is 2.11. The number of hydrazone groups is 1. The SMILES string of the molecule is CCC(=O)Nc1ccc(C(=O)N/N=C\c2ccc([N+](=O)[O-])cc2)cc1. The molecule has 0 fully saturated rings. The van der Waals surface area contributed by atoms with Gasteiger partial charge in [0.2, 0.25) is 5.91 Å². The van der Waals surface area contributed by atoms with Crippen molar-refractivity contribution in [2.75, 3.05) is 5.32 Å². The molecule has 0 unspecified atom stereocenters. The summed E-state index contributed by atoms with van der Waals surface area (Å²) in [5.74, 6) is -0.517. The van der Waals surface area contributed by atoms with Crippen molar-refractivity contribution >= 4 is 29.4 Å². The highest BCUT2D eigenvalue weighted by atomic mass is 16.6. The molecule has 0 aromatic heterocycles. The maximum absolute atomic E-state index is 12.0. The Hall–Kier alpha value is -3.55. The molecule has 2 aromatic carbocycles. The first kappa shape index (κ1) is 17.8. The number of hydrogen-bond donors (Lipinski definition) is 2. The van der Waals surface area contributed by atoms with Crippen LogP contribution in [-0.4, -0.2) is 23.0 Å². The maximum atomic E-state index is 12.0. The van der Waals surface area contributed by atoms with Crippen LogP contribution in [0.3, 0.4) is 0 Å². The Kier molecular flexibility index (Phi) is 5.94. The zero-order valence-electron chi connectivity index (χ0n) is 13.4. The highest BCUT2D eigenvalue weighted by Gasteiger charge is 2.05. The van der Waals surface area contributed by atoms with Gasteiger partial charge in [0.25, 0.3) is 11.6 Å². The second-order valence-corrected chi connectivity index (χ2v) is 5.03. The van der Waals surface area contributed by atoms with Gasteiger partial charge >= 0.3 is 0 Å². The molecule has 2 N–H and O–H groups in total. The Morgan fingerprint density at radius 1 is 1.12 bits per heavy atom. The van der Waals surface area contributed by atoms with E-state index in [-0.39, 0.29) is 11.6 Å². The summed E-state index contributed by atoms with van der Waals surface area (Å²) < 4.78 is 0. The van der Waals surface area contributed by atoms with E-state index in [1.807, 2.05) is 0 Å². The van der Waals surface area contributed by atoms with E-state index in [2.05, 4.69) is 15.8 Å². The van der Waals surface area contributed by atoms with Crippen LogP contribution in [-0.2, 0) is 4.79 Å². The molecule has 0 radical (unpaired) electrons. The number of nitro benzene ring substituents is 1. The molecule has 25 heavy (non-hydrogen) atoms. The van der Waals surface area contributed by atoms with Crippen molar-refractivity contribution in [1.82, 2.24) is 5.43 Å². The van der Waals surface area contributed by atoms with Gasteiger partial charge in [0.05, 0.1) is 11.1 Å². The lowest BCUT2D eigenvalue weighted by Gasteiger charge is -2.04. The standard InChI is InChI=1S/C17H16N4O4/c1-2-16(22)19-14-7-5-13(6-8-14)17(23)20-18-11-12-3-9-15(10-4-12)21(24)25/h3-11H,2H2,1H3,(H,19,22)(H,20,23)/b18-11-. The number of non-ortho nitro benzene ring substituents is 1. The Morgan fingerprint density at radius 3 is 2.32 bits per heavy atom. The molecule has 0 saturated carbocycles. The van der Waals surface area contributed by atoms with Crippen LogP contribution in [0.4, 0.5) is 11.4 Å². The number of nitrogens with one attached hydrogen (secondary N) is 2. The van der Waals surface area contributed by atoms with E-state index in [4.69, 9.17) is 0 Å². The monoisotopic (exact) mass is 340 g/mol. The van der Waals surface area contributed by atoms with Gasteiger partial charge in [0.15, 0.2) is 0 Å². The molecular weight excluding hydrogens is 324 g/mol. The number of benzene rings is 2. The van der Waals surface area contributed by atoms with Gasteiger partial charge in [-0.3, -0.25) is 19.7 Å². The van der Waals surface area contributed by atoms with Crippen LogP contribution in [0.15, 0.2) is 53.6 Å². The maximum Gasteiger partial charge on any atom is 0.271 e. The molecule has 2 rings (SSSR count). The summed E-state index contributed by atoms with van der Waals surface area (Å²) in [6, 6.07) is 12.2. The quantitative estimate of drug-likeness (QED) is 0.478. The minimum atomic E-state index is -0.491. The van der Waals surface area contributed by atoms with Crippen molar-refractivity contribution in [2.45, 2.75) is 13.3 Å². The van der Waals surface area contributed by atoms with Gasteiger partial charge in [-0.25, -0.2) is 5.43 Å².